The van der Waals surface area contributed by atoms with Crippen molar-refractivity contribution in [2.24, 2.45) is 0 Å². The molecule has 0 saturated heterocycles. The molecule has 0 saturated carbocycles. The molecule has 0 bridgehead atoms. The van der Waals surface area contributed by atoms with Crippen LogP contribution >= 0.6 is 0 Å². The van der Waals surface area contributed by atoms with Gasteiger partial charge in [-0.2, -0.15) is 0 Å². The topological polar surface area (TPSA) is 102 Å². The molecule has 126 valence electrons. The molecular weight excluding hydrogens is 322 g/mol. The number of hydrogen-bond donors (Lipinski definition) is 2. The second-order valence-corrected chi connectivity index (χ2v) is 5.02. The van der Waals surface area contributed by atoms with Crippen molar-refractivity contribution in [1.29, 1.82) is 0 Å². The maximum absolute atomic E-state index is 11.6. The fourth-order valence-corrected chi connectivity index (χ4v) is 2.23. The summed E-state index contributed by atoms with van der Waals surface area (Å²) in [6, 6.07) is 16.1. The zero-order chi connectivity index (χ0) is 17.6. The summed E-state index contributed by atoms with van der Waals surface area (Å²) in [4.78, 5) is 19.1. The third-order valence-electron chi connectivity index (χ3n) is 3.37. The van der Waals surface area contributed by atoms with Crippen LogP contribution in [0.5, 0.6) is 5.75 Å². The lowest BCUT2D eigenvalue weighted by molar-refractivity contribution is -0.383. The maximum Gasteiger partial charge on any atom is 0.353 e. The van der Waals surface area contributed by atoms with Crippen LogP contribution in [0.15, 0.2) is 60.9 Å². The minimum atomic E-state index is -0.520. The number of para-hydroxylation sites is 1. The van der Waals surface area contributed by atoms with Gasteiger partial charge in [0.25, 0.3) is 0 Å². The summed E-state index contributed by atoms with van der Waals surface area (Å²) in [5.41, 5.74) is 1.07. The molecule has 0 aliphatic heterocycles. The van der Waals surface area contributed by atoms with Crippen LogP contribution in [0.4, 0.5) is 28.7 Å². The minimum Gasteiger partial charge on any atom is -0.497 e. The summed E-state index contributed by atoms with van der Waals surface area (Å²) < 4.78 is 5.15. The van der Waals surface area contributed by atoms with Crippen LogP contribution in [0.2, 0.25) is 0 Å². The number of ether oxygens (including phenoxy) is 1. The Balaban J connectivity index is 1.96. The molecule has 0 aliphatic carbocycles. The SMILES string of the molecule is COc1cccc(Nc2ncnc(Nc3ccccc3)c2[N+](=O)[O-])c1. The highest BCUT2D eigenvalue weighted by Crippen LogP contribution is 2.33. The third kappa shape index (κ3) is 3.81. The molecule has 3 aromatic rings. The van der Waals surface area contributed by atoms with Crippen molar-refractivity contribution in [2.45, 2.75) is 0 Å². The van der Waals surface area contributed by atoms with Gasteiger partial charge in [0.2, 0.25) is 11.6 Å². The van der Waals surface area contributed by atoms with Crippen LogP contribution in [0.25, 0.3) is 0 Å². The molecule has 8 heteroatoms. The van der Waals surface area contributed by atoms with Crippen molar-refractivity contribution >= 4 is 28.7 Å². The zero-order valence-electron chi connectivity index (χ0n) is 13.3. The van der Waals surface area contributed by atoms with E-state index in [4.69, 9.17) is 4.74 Å². The average Bonchev–Trinajstić information content (AvgIpc) is 2.62. The van der Waals surface area contributed by atoms with Crippen molar-refractivity contribution in [3.8, 4) is 5.75 Å². The number of rotatable bonds is 6. The molecular formula is C17H15N5O3. The quantitative estimate of drug-likeness (QED) is 0.520. The first kappa shape index (κ1) is 16.2. The molecule has 0 unspecified atom stereocenters. The Bertz CT molecular complexity index is 886. The van der Waals surface area contributed by atoms with E-state index in [1.54, 1.807) is 43.5 Å². The number of methoxy groups -OCH3 is 1. The summed E-state index contributed by atoms with van der Waals surface area (Å²) in [7, 11) is 1.55. The fourth-order valence-electron chi connectivity index (χ4n) is 2.23. The van der Waals surface area contributed by atoms with Crippen molar-refractivity contribution in [3.05, 3.63) is 71.0 Å². The van der Waals surface area contributed by atoms with Crippen LogP contribution in [0.3, 0.4) is 0 Å². The van der Waals surface area contributed by atoms with Crippen molar-refractivity contribution in [2.75, 3.05) is 17.7 Å². The van der Waals surface area contributed by atoms with Gasteiger partial charge in [-0.25, -0.2) is 9.97 Å². The Morgan fingerprint density at radius 1 is 0.960 bits per heavy atom. The number of benzene rings is 2. The molecule has 25 heavy (non-hydrogen) atoms. The van der Waals surface area contributed by atoms with Crippen molar-refractivity contribution < 1.29 is 9.66 Å². The molecule has 0 fully saturated rings. The first-order chi connectivity index (χ1) is 12.2. The van der Waals surface area contributed by atoms with Gasteiger partial charge in [0.15, 0.2) is 0 Å². The molecule has 0 amide bonds. The normalized spacial score (nSPS) is 10.1. The minimum absolute atomic E-state index is 0.0895. The molecule has 0 aliphatic rings. The summed E-state index contributed by atoms with van der Waals surface area (Å²) in [5, 5.41) is 17.5. The smallest absolute Gasteiger partial charge is 0.353 e. The summed E-state index contributed by atoms with van der Waals surface area (Å²) >= 11 is 0. The number of nitrogens with one attached hydrogen (secondary N) is 2. The van der Waals surface area contributed by atoms with E-state index in [9.17, 15) is 10.1 Å². The Hall–Kier alpha value is -3.68. The van der Waals surface area contributed by atoms with E-state index in [0.29, 0.717) is 17.1 Å². The van der Waals surface area contributed by atoms with Crippen molar-refractivity contribution in [3.63, 3.8) is 0 Å². The van der Waals surface area contributed by atoms with E-state index < -0.39 is 4.92 Å². The predicted molar refractivity (Wildman–Crippen MR) is 94.7 cm³/mol. The third-order valence-corrected chi connectivity index (χ3v) is 3.37. The van der Waals surface area contributed by atoms with Gasteiger partial charge in [0.05, 0.1) is 12.0 Å². The first-order valence-corrected chi connectivity index (χ1v) is 7.40. The van der Waals surface area contributed by atoms with Crippen LogP contribution in [-0.2, 0) is 0 Å². The van der Waals surface area contributed by atoms with Crippen LogP contribution in [0, 0.1) is 10.1 Å². The van der Waals surface area contributed by atoms with Gasteiger partial charge in [-0.1, -0.05) is 24.3 Å². The number of nitrogens with zero attached hydrogens (tertiary/aromatic N) is 3. The number of nitro groups is 1. The Morgan fingerprint density at radius 3 is 2.24 bits per heavy atom. The zero-order valence-corrected chi connectivity index (χ0v) is 13.3. The van der Waals surface area contributed by atoms with Crippen LogP contribution in [-0.4, -0.2) is 22.0 Å². The van der Waals surface area contributed by atoms with Gasteiger partial charge >= 0.3 is 5.69 Å². The van der Waals surface area contributed by atoms with Gasteiger partial charge in [-0.15, -0.1) is 0 Å². The van der Waals surface area contributed by atoms with Gasteiger partial charge in [0.1, 0.15) is 12.1 Å². The molecule has 1 heterocycles. The summed E-state index contributed by atoms with van der Waals surface area (Å²) in [6.07, 6.45) is 1.26. The molecule has 2 aromatic carbocycles. The molecule has 0 atom stereocenters. The highest BCUT2D eigenvalue weighted by molar-refractivity contribution is 5.76. The van der Waals surface area contributed by atoms with E-state index in [-0.39, 0.29) is 17.3 Å². The highest BCUT2D eigenvalue weighted by Gasteiger charge is 2.23. The van der Waals surface area contributed by atoms with E-state index in [1.807, 2.05) is 18.2 Å². The molecule has 1 aromatic heterocycles. The monoisotopic (exact) mass is 337 g/mol. The maximum atomic E-state index is 11.6. The number of hydrogen-bond acceptors (Lipinski definition) is 7. The Labute approximate surface area is 143 Å². The Morgan fingerprint density at radius 2 is 1.60 bits per heavy atom. The molecule has 0 radical (unpaired) electrons. The van der Waals surface area contributed by atoms with Crippen LogP contribution < -0.4 is 15.4 Å². The predicted octanol–water partition coefficient (Wildman–Crippen LogP) is 3.88. The van der Waals surface area contributed by atoms with E-state index in [1.165, 1.54) is 6.33 Å². The fraction of sp³-hybridized carbons (Fsp3) is 0.0588. The molecule has 2 N–H and O–H groups in total. The van der Waals surface area contributed by atoms with Gasteiger partial charge < -0.3 is 15.4 Å². The van der Waals surface area contributed by atoms with Crippen LogP contribution in [0.1, 0.15) is 0 Å². The largest absolute Gasteiger partial charge is 0.497 e. The number of aromatic nitrogens is 2. The van der Waals surface area contributed by atoms with Gasteiger partial charge in [-0.05, 0) is 24.3 Å². The first-order valence-electron chi connectivity index (χ1n) is 7.40. The molecule has 8 nitrogen and oxygen atoms in total. The highest BCUT2D eigenvalue weighted by atomic mass is 16.6. The lowest BCUT2D eigenvalue weighted by Crippen LogP contribution is -2.05. The lowest BCUT2D eigenvalue weighted by Gasteiger charge is -2.10. The second kappa shape index (κ2) is 7.26. The van der Waals surface area contributed by atoms with Crippen molar-refractivity contribution in [1.82, 2.24) is 9.97 Å². The number of anilines is 4. The standard InChI is InChI=1S/C17H15N5O3/c1-25-14-9-5-8-13(10-14)21-17-15(22(23)24)16(18-11-19-17)20-12-6-3-2-4-7-12/h2-11H,1H3,(H2,18,19,20,21). The Kier molecular flexibility index (Phi) is 4.70. The molecule has 0 spiro atoms. The molecule has 3 rings (SSSR count). The lowest BCUT2D eigenvalue weighted by atomic mass is 10.3. The average molecular weight is 337 g/mol. The summed E-state index contributed by atoms with van der Waals surface area (Å²) in [6.45, 7) is 0. The summed E-state index contributed by atoms with van der Waals surface area (Å²) in [5.74, 6) is 0.827. The van der Waals surface area contributed by atoms with Gasteiger partial charge in [0, 0.05) is 17.4 Å². The van der Waals surface area contributed by atoms with E-state index in [2.05, 4.69) is 20.6 Å². The van der Waals surface area contributed by atoms with Gasteiger partial charge in [-0.3, -0.25) is 10.1 Å². The second-order valence-electron chi connectivity index (χ2n) is 5.02. The van der Waals surface area contributed by atoms with E-state index >= 15 is 0 Å². The van der Waals surface area contributed by atoms with E-state index in [0.717, 1.165) is 0 Å².